The van der Waals surface area contributed by atoms with Gasteiger partial charge in [-0.1, -0.05) is 18.2 Å². The molecule has 0 heterocycles. The van der Waals surface area contributed by atoms with Crippen molar-refractivity contribution in [1.29, 1.82) is 0 Å². The summed E-state index contributed by atoms with van der Waals surface area (Å²) in [4.78, 5) is 0. The average Bonchev–Trinajstić information content (AvgIpc) is 2.34. The Morgan fingerprint density at radius 3 is 2.67 bits per heavy atom. The molecule has 3 N–H and O–H groups in total. The Hall–Kier alpha value is -1.33. The number of rotatable bonds is 6. The third-order valence-electron chi connectivity index (χ3n) is 2.72. The molecule has 0 aliphatic heterocycles. The molecular formula is C13H17F3N2. The van der Waals surface area contributed by atoms with E-state index in [1.165, 1.54) is 6.07 Å². The molecule has 1 aromatic carbocycles. The number of hydrazine groups is 1. The van der Waals surface area contributed by atoms with E-state index in [4.69, 9.17) is 5.84 Å². The van der Waals surface area contributed by atoms with E-state index in [1.807, 2.05) is 0 Å². The Morgan fingerprint density at radius 2 is 2.11 bits per heavy atom. The molecule has 0 aliphatic rings. The topological polar surface area (TPSA) is 38.0 Å². The lowest BCUT2D eigenvalue weighted by molar-refractivity contribution is -0.137. The fraction of sp³-hybridized carbons (Fsp3) is 0.385. The Morgan fingerprint density at radius 1 is 1.39 bits per heavy atom. The monoisotopic (exact) mass is 258 g/mol. The van der Waals surface area contributed by atoms with Crippen LogP contribution in [-0.2, 0) is 6.18 Å². The zero-order valence-electron chi connectivity index (χ0n) is 10.0. The van der Waals surface area contributed by atoms with E-state index >= 15 is 0 Å². The van der Waals surface area contributed by atoms with E-state index in [0.717, 1.165) is 25.0 Å². The van der Waals surface area contributed by atoms with Gasteiger partial charge in [-0.2, -0.15) is 13.2 Å². The molecule has 1 rings (SSSR count). The average molecular weight is 258 g/mol. The fourth-order valence-electron chi connectivity index (χ4n) is 1.74. The lowest BCUT2D eigenvalue weighted by Crippen LogP contribution is -2.28. The normalized spacial score (nSPS) is 13.3. The molecule has 100 valence electrons. The predicted octanol–water partition coefficient (Wildman–Crippen LogP) is 3.57. The van der Waals surface area contributed by atoms with E-state index in [1.54, 1.807) is 12.1 Å². The fourth-order valence-corrected chi connectivity index (χ4v) is 1.74. The standard InChI is InChI=1S/C13H17F3N2/c1-2-3-4-8-12(18-17)10-6-5-7-11(9-10)13(14,15)16/h2,5-7,9,12,18H,1,3-4,8,17H2. The van der Waals surface area contributed by atoms with Crippen molar-refractivity contribution in [1.82, 2.24) is 5.43 Å². The molecular weight excluding hydrogens is 241 g/mol. The second-order valence-corrected chi connectivity index (χ2v) is 4.06. The lowest BCUT2D eigenvalue weighted by atomic mass is 9.99. The van der Waals surface area contributed by atoms with Crippen LogP contribution >= 0.6 is 0 Å². The van der Waals surface area contributed by atoms with Gasteiger partial charge < -0.3 is 0 Å². The second kappa shape index (κ2) is 6.56. The van der Waals surface area contributed by atoms with Crippen LogP contribution in [0.4, 0.5) is 13.2 Å². The third kappa shape index (κ3) is 4.16. The van der Waals surface area contributed by atoms with Crippen LogP contribution < -0.4 is 11.3 Å². The first-order chi connectivity index (χ1) is 8.49. The minimum atomic E-state index is -4.32. The molecule has 0 fully saturated rings. The molecule has 0 amide bonds. The van der Waals surface area contributed by atoms with Gasteiger partial charge in [0.05, 0.1) is 5.56 Å². The summed E-state index contributed by atoms with van der Waals surface area (Å²) in [5.41, 5.74) is 2.46. The quantitative estimate of drug-likeness (QED) is 0.354. The van der Waals surface area contributed by atoms with Crippen LogP contribution in [-0.4, -0.2) is 0 Å². The van der Waals surface area contributed by atoms with E-state index < -0.39 is 11.7 Å². The summed E-state index contributed by atoms with van der Waals surface area (Å²) in [7, 11) is 0. The highest BCUT2D eigenvalue weighted by atomic mass is 19.4. The van der Waals surface area contributed by atoms with Gasteiger partial charge in [0.15, 0.2) is 0 Å². The van der Waals surface area contributed by atoms with Gasteiger partial charge in [0, 0.05) is 6.04 Å². The molecule has 0 aliphatic carbocycles. The number of unbranched alkanes of at least 4 members (excludes halogenated alkanes) is 1. The van der Waals surface area contributed by atoms with Crippen molar-refractivity contribution in [3.8, 4) is 0 Å². The number of allylic oxidation sites excluding steroid dienone is 1. The summed E-state index contributed by atoms with van der Waals surface area (Å²) < 4.78 is 37.7. The van der Waals surface area contributed by atoms with Crippen LogP contribution in [0, 0.1) is 0 Å². The van der Waals surface area contributed by atoms with E-state index in [2.05, 4.69) is 12.0 Å². The van der Waals surface area contributed by atoms with Gasteiger partial charge in [-0.3, -0.25) is 11.3 Å². The number of nitrogens with two attached hydrogens (primary N) is 1. The van der Waals surface area contributed by atoms with Crippen LogP contribution in [0.5, 0.6) is 0 Å². The largest absolute Gasteiger partial charge is 0.416 e. The number of hydrogen-bond acceptors (Lipinski definition) is 2. The minimum absolute atomic E-state index is 0.271. The molecule has 5 heteroatoms. The van der Waals surface area contributed by atoms with Crippen LogP contribution in [0.3, 0.4) is 0 Å². The molecule has 0 bridgehead atoms. The highest BCUT2D eigenvalue weighted by molar-refractivity contribution is 5.27. The van der Waals surface area contributed by atoms with Crippen LogP contribution in [0.1, 0.15) is 36.4 Å². The second-order valence-electron chi connectivity index (χ2n) is 4.06. The molecule has 0 aromatic heterocycles. The van der Waals surface area contributed by atoms with Crippen molar-refractivity contribution in [2.75, 3.05) is 0 Å². The summed E-state index contributed by atoms with van der Waals surface area (Å²) >= 11 is 0. The molecule has 18 heavy (non-hydrogen) atoms. The van der Waals surface area contributed by atoms with Crippen molar-refractivity contribution in [2.24, 2.45) is 5.84 Å². The number of hydrogen-bond donors (Lipinski definition) is 2. The summed E-state index contributed by atoms with van der Waals surface area (Å²) in [6, 6.07) is 4.97. The molecule has 1 unspecified atom stereocenters. The number of benzene rings is 1. The van der Waals surface area contributed by atoms with Crippen molar-refractivity contribution in [3.63, 3.8) is 0 Å². The summed E-state index contributed by atoms with van der Waals surface area (Å²) in [6.07, 6.45) is -0.231. The zero-order chi connectivity index (χ0) is 13.6. The molecule has 0 saturated carbocycles. The molecule has 0 spiro atoms. The van der Waals surface area contributed by atoms with E-state index in [9.17, 15) is 13.2 Å². The number of nitrogens with one attached hydrogen (secondary N) is 1. The minimum Gasteiger partial charge on any atom is -0.271 e. The van der Waals surface area contributed by atoms with Gasteiger partial charge in [-0.15, -0.1) is 6.58 Å². The van der Waals surface area contributed by atoms with Crippen molar-refractivity contribution < 1.29 is 13.2 Å². The van der Waals surface area contributed by atoms with Crippen LogP contribution in [0.15, 0.2) is 36.9 Å². The highest BCUT2D eigenvalue weighted by Crippen LogP contribution is 2.31. The summed E-state index contributed by atoms with van der Waals surface area (Å²) in [5, 5.41) is 0. The predicted molar refractivity (Wildman–Crippen MR) is 65.6 cm³/mol. The third-order valence-corrected chi connectivity index (χ3v) is 2.72. The van der Waals surface area contributed by atoms with Crippen LogP contribution in [0.25, 0.3) is 0 Å². The zero-order valence-corrected chi connectivity index (χ0v) is 10.0. The highest BCUT2D eigenvalue weighted by Gasteiger charge is 2.30. The van der Waals surface area contributed by atoms with Gasteiger partial charge >= 0.3 is 6.18 Å². The van der Waals surface area contributed by atoms with Gasteiger partial charge in [0.25, 0.3) is 0 Å². The molecule has 0 saturated heterocycles. The first kappa shape index (κ1) is 14.7. The van der Waals surface area contributed by atoms with E-state index in [0.29, 0.717) is 12.0 Å². The van der Waals surface area contributed by atoms with Crippen molar-refractivity contribution >= 4 is 0 Å². The maximum Gasteiger partial charge on any atom is 0.416 e. The van der Waals surface area contributed by atoms with Gasteiger partial charge in [0.1, 0.15) is 0 Å². The summed E-state index contributed by atoms with van der Waals surface area (Å²) in [6.45, 7) is 3.60. The first-order valence-corrected chi connectivity index (χ1v) is 5.73. The molecule has 2 nitrogen and oxygen atoms in total. The van der Waals surface area contributed by atoms with Gasteiger partial charge in [-0.05, 0) is 37.0 Å². The maximum absolute atomic E-state index is 12.6. The summed E-state index contributed by atoms with van der Waals surface area (Å²) in [5.74, 6) is 5.39. The number of alkyl halides is 3. The molecule has 1 atom stereocenters. The van der Waals surface area contributed by atoms with Crippen molar-refractivity contribution in [2.45, 2.75) is 31.5 Å². The Labute approximate surface area is 105 Å². The SMILES string of the molecule is C=CCCCC(NN)c1cccc(C(F)(F)F)c1. The Kier molecular flexibility index (Phi) is 5.37. The van der Waals surface area contributed by atoms with Gasteiger partial charge in [-0.25, -0.2) is 0 Å². The molecule has 1 aromatic rings. The van der Waals surface area contributed by atoms with Gasteiger partial charge in [0.2, 0.25) is 0 Å². The van der Waals surface area contributed by atoms with Crippen molar-refractivity contribution in [3.05, 3.63) is 48.0 Å². The maximum atomic E-state index is 12.6. The molecule has 0 radical (unpaired) electrons. The Balaban J connectivity index is 2.82. The lowest BCUT2D eigenvalue weighted by Gasteiger charge is -2.17. The Bertz CT molecular complexity index is 388. The smallest absolute Gasteiger partial charge is 0.271 e. The van der Waals surface area contributed by atoms with E-state index in [-0.39, 0.29) is 6.04 Å². The first-order valence-electron chi connectivity index (χ1n) is 5.73. The van der Waals surface area contributed by atoms with Crippen LogP contribution in [0.2, 0.25) is 0 Å². The number of halogens is 3.